The number of hydrogen-bond donors (Lipinski definition) is 1. The number of aromatic nitrogens is 2. The molecule has 0 bridgehead atoms. The maximum absolute atomic E-state index is 12.4. The Morgan fingerprint density at radius 3 is 2.78 bits per heavy atom. The summed E-state index contributed by atoms with van der Waals surface area (Å²) in [5.41, 5.74) is 0.678. The van der Waals surface area contributed by atoms with E-state index in [2.05, 4.69) is 15.3 Å². The van der Waals surface area contributed by atoms with Gasteiger partial charge in [-0.3, -0.25) is 14.4 Å². The molecule has 1 aromatic heterocycles. The number of esters is 1. The molecule has 1 aromatic rings. The molecular formula is C16H26N4O3. The van der Waals surface area contributed by atoms with E-state index < -0.39 is 5.60 Å². The minimum absolute atomic E-state index is 0.0414. The van der Waals surface area contributed by atoms with E-state index in [1.807, 2.05) is 27.7 Å². The van der Waals surface area contributed by atoms with Crippen molar-refractivity contribution in [3.63, 3.8) is 0 Å². The van der Waals surface area contributed by atoms with Crippen LogP contribution in [0.5, 0.6) is 0 Å². The lowest BCUT2D eigenvalue weighted by molar-refractivity contribution is -0.129. The van der Waals surface area contributed by atoms with Gasteiger partial charge in [0.2, 0.25) is 5.91 Å². The molecule has 0 aromatic carbocycles. The van der Waals surface area contributed by atoms with Crippen molar-refractivity contribution in [2.75, 3.05) is 13.1 Å². The van der Waals surface area contributed by atoms with Crippen LogP contribution in [0, 0.1) is 0 Å². The molecule has 1 N–H and O–H groups in total. The molecule has 0 spiro atoms. The first-order chi connectivity index (χ1) is 10.7. The van der Waals surface area contributed by atoms with Gasteiger partial charge in [-0.05, 0) is 27.2 Å². The van der Waals surface area contributed by atoms with Crippen LogP contribution >= 0.6 is 0 Å². The zero-order valence-electron chi connectivity index (χ0n) is 14.5. The summed E-state index contributed by atoms with van der Waals surface area (Å²) in [7, 11) is 1.80. The number of ether oxygens (including phenoxy) is 1. The first-order valence-corrected chi connectivity index (χ1v) is 7.99. The number of aryl methyl sites for hydroxylation is 1. The normalized spacial score (nSPS) is 19.5. The van der Waals surface area contributed by atoms with Crippen molar-refractivity contribution in [3.8, 4) is 0 Å². The highest BCUT2D eigenvalue weighted by Gasteiger charge is 2.31. The van der Waals surface area contributed by atoms with Crippen molar-refractivity contribution in [3.05, 3.63) is 17.5 Å². The second-order valence-electron chi connectivity index (χ2n) is 6.82. The minimum atomic E-state index is -0.554. The highest BCUT2D eigenvalue weighted by Crippen LogP contribution is 2.19. The average molecular weight is 322 g/mol. The smallest absolute Gasteiger partial charge is 0.342 e. The molecule has 2 rings (SSSR count). The Morgan fingerprint density at radius 2 is 2.17 bits per heavy atom. The monoisotopic (exact) mass is 322 g/mol. The van der Waals surface area contributed by atoms with E-state index in [4.69, 9.17) is 4.74 Å². The molecule has 2 heterocycles. The van der Waals surface area contributed by atoms with E-state index in [1.165, 1.54) is 6.20 Å². The molecular weight excluding hydrogens is 296 g/mol. The summed E-state index contributed by atoms with van der Waals surface area (Å²) < 4.78 is 7.13. The fourth-order valence-electron chi connectivity index (χ4n) is 2.74. The Hall–Kier alpha value is -1.89. The third-order valence-electron chi connectivity index (χ3n) is 3.86. The van der Waals surface area contributed by atoms with Gasteiger partial charge in [-0.1, -0.05) is 6.92 Å². The van der Waals surface area contributed by atoms with Gasteiger partial charge >= 0.3 is 5.97 Å². The van der Waals surface area contributed by atoms with Gasteiger partial charge in [0.05, 0.1) is 17.9 Å². The summed E-state index contributed by atoms with van der Waals surface area (Å²) in [4.78, 5) is 26.5. The van der Waals surface area contributed by atoms with Crippen LogP contribution in [0.3, 0.4) is 0 Å². The molecule has 23 heavy (non-hydrogen) atoms. The SMILES string of the molecule is CCC1C(=O)NCCN1Cc1c(C(=O)OC(C)(C)C)cnn1C. The first-order valence-electron chi connectivity index (χ1n) is 7.99. The van der Waals surface area contributed by atoms with Crippen molar-refractivity contribution < 1.29 is 14.3 Å². The maximum Gasteiger partial charge on any atom is 0.342 e. The van der Waals surface area contributed by atoms with Crippen LogP contribution in [0.4, 0.5) is 0 Å². The fraction of sp³-hybridized carbons (Fsp3) is 0.688. The minimum Gasteiger partial charge on any atom is -0.456 e. The first kappa shape index (κ1) is 17.5. The van der Waals surface area contributed by atoms with E-state index in [-0.39, 0.29) is 17.9 Å². The van der Waals surface area contributed by atoms with Gasteiger partial charge in [-0.2, -0.15) is 5.10 Å². The molecule has 1 atom stereocenters. The van der Waals surface area contributed by atoms with Gasteiger partial charge in [-0.25, -0.2) is 4.79 Å². The van der Waals surface area contributed by atoms with E-state index >= 15 is 0 Å². The molecule has 128 valence electrons. The summed E-state index contributed by atoms with van der Waals surface area (Å²) >= 11 is 0. The molecule has 0 saturated carbocycles. The number of rotatable bonds is 4. The van der Waals surface area contributed by atoms with Crippen molar-refractivity contribution in [2.45, 2.75) is 52.3 Å². The number of carbonyl (C=O) groups is 2. The largest absolute Gasteiger partial charge is 0.456 e. The van der Waals surface area contributed by atoms with Crippen LogP contribution in [0.15, 0.2) is 6.20 Å². The summed E-state index contributed by atoms with van der Waals surface area (Å²) in [6.45, 7) is 9.37. The molecule has 7 heteroatoms. The lowest BCUT2D eigenvalue weighted by atomic mass is 10.1. The van der Waals surface area contributed by atoms with E-state index in [1.54, 1.807) is 11.7 Å². The second-order valence-corrected chi connectivity index (χ2v) is 6.82. The number of hydrogen-bond acceptors (Lipinski definition) is 5. The molecule has 1 fully saturated rings. The van der Waals surface area contributed by atoms with Crippen LogP contribution in [0.25, 0.3) is 0 Å². The number of carbonyl (C=O) groups excluding carboxylic acids is 2. The third-order valence-corrected chi connectivity index (χ3v) is 3.86. The van der Waals surface area contributed by atoms with Gasteiger partial charge in [0, 0.05) is 26.7 Å². The maximum atomic E-state index is 12.4. The Bertz CT molecular complexity index is 589. The topological polar surface area (TPSA) is 76.5 Å². The fourth-order valence-corrected chi connectivity index (χ4v) is 2.74. The standard InChI is InChI=1S/C16H26N4O3/c1-6-12-14(21)17-7-8-20(12)10-13-11(9-18-19(13)5)15(22)23-16(2,3)4/h9,12H,6-8,10H2,1-5H3,(H,17,21). The number of nitrogens with zero attached hydrogens (tertiary/aromatic N) is 3. The van der Waals surface area contributed by atoms with E-state index in [0.717, 1.165) is 18.7 Å². The highest BCUT2D eigenvalue weighted by atomic mass is 16.6. The van der Waals surface area contributed by atoms with Gasteiger partial charge < -0.3 is 10.1 Å². The molecule has 1 saturated heterocycles. The van der Waals surface area contributed by atoms with Crippen LogP contribution in [0.2, 0.25) is 0 Å². The zero-order valence-corrected chi connectivity index (χ0v) is 14.5. The Balaban J connectivity index is 2.21. The van der Waals surface area contributed by atoms with Crippen molar-refractivity contribution in [1.29, 1.82) is 0 Å². The zero-order chi connectivity index (χ0) is 17.2. The van der Waals surface area contributed by atoms with Gasteiger partial charge in [0.1, 0.15) is 11.2 Å². The summed E-state index contributed by atoms with van der Waals surface area (Å²) in [5, 5.41) is 7.07. The number of piperazine rings is 1. The molecule has 1 unspecified atom stereocenters. The average Bonchev–Trinajstić information content (AvgIpc) is 2.79. The Morgan fingerprint density at radius 1 is 1.48 bits per heavy atom. The summed E-state index contributed by atoms with van der Waals surface area (Å²) in [5.74, 6) is -0.338. The second kappa shape index (κ2) is 6.70. The van der Waals surface area contributed by atoms with Crippen molar-refractivity contribution >= 4 is 11.9 Å². The van der Waals surface area contributed by atoms with Crippen molar-refractivity contribution in [1.82, 2.24) is 20.0 Å². The molecule has 7 nitrogen and oxygen atoms in total. The van der Waals surface area contributed by atoms with Crippen LogP contribution in [-0.2, 0) is 23.1 Å². The van der Waals surface area contributed by atoms with Gasteiger partial charge in [0.25, 0.3) is 0 Å². The predicted octanol–water partition coefficient (Wildman–Crippen LogP) is 1.09. The quantitative estimate of drug-likeness (QED) is 0.840. The molecule has 0 radical (unpaired) electrons. The molecule has 1 aliphatic rings. The van der Waals surface area contributed by atoms with Crippen LogP contribution in [-0.4, -0.2) is 51.3 Å². The van der Waals surface area contributed by atoms with Gasteiger partial charge in [0.15, 0.2) is 0 Å². The Kier molecular flexibility index (Phi) is 5.09. The highest BCUT2D eigenvalue weighted by molar-refractivity contribution is 5.90. The molecule has 1 aliphatic heterocycles. The lowest BCUT2D eigenvalue weighted by Gasteiger charge is -2.34. The lowest BCUT2D eigenvalue weighted by Crippen LogP contribution is -2.54. The number of amides is 1. The van der Waals surface area contributed by atoms with Crippen LogP contribution in [0.1, 0.15) is 50.2 Å². The molecule has 1 amide bonds. The summed E-state index contributed by atoms with van der Waals surface area (Å²) in [6.07, 6.45) is 2.26. The third kappa shape index (κ3) is 4.10. The van der Waals surface area contributed by atoms with Crippen molar-refractivity contribution in [2.24, 2.45) is 7.05 Å². The summed E-state index contributed by atoms with van der Waals surface area (Å²) in [6, 6.07) is -0.176. The predicted molar refractivity (Wildman–Crippen MR) is 85.9 cm³/mol. The van der Waals surface area contributed by atoms with E-state index in [9.17, 15) is 9.59 Å². The van der Waals surface area contributed by atoms with Crippen LogP contribution < -0.4 is 5.32 Å². The Labute approximate surface area is 137 Å². The number of nitrogens with one attached hydrogen (secondary N) is 1. The van der Waals surface area contributed by atoms with E-state index in [0.29, 0.717) is 18.7 Å². The van der Waals surface area contributed by atoms with Gasteiger partial charge in [-0.15, -0.1) is 0 Å². The molecule has 0 aliphatic carbocycles.